The highest BCUT2D eigenvalue weighted by Crippen LogP contribution is 2.21. The quantitative estimate of drug-likeness (QED) is 0.622. The van der Waals surface area contributed by atoms with E-state index in [0.717, 1.165) is 28.3 Å². The number of aromatic nitrogens is 1. The van der Waals surface area contributed by atoms with Gasteiger partial charge in [0.25, 0.3) is 0 Å². The predicted octanol–water partition coefficient (Wildman–Crippen LogP) is 3.68. The van der Waals surface area contributed by atoms with Crippen molar-refractivity contribution in [1.29, 1.82) is 0 Å². The molecule has 8 nitrogen and oxygen atoms in total. The van der Waals surface area contributed by atoms with Crippen LogP contribution in [-0.2, 0) is 17.8 Å². The smallest absolute Gasteiger partial charge is 0.317 e. The van der Waals surface area contributed by atoms with Gasteiger partial charge < -0.3 is 24.4 Å². The van der Waals surface area contributed by atoms with Crippen LogP contribution in [0.2, 0.25) is 0 Å². The Hall–Kier alpha value is -3.81. The van der Waals surface area contributed by atoms with E-state index >= 15 is 0 Å². The third kappa shape index (κ3) is 5.71. The van der Waals surface area contributed by atoms with Crippen LogP contribution in [0.5, 0.6) is 11.5 Å². The number of urea groups is 1. The molecule has 8 heteroatoms. The summed E-state index contributed by atoms with van der Waals surface area (Å²) in [6.07, 6.45) is 0.275. The number of carbonyl (C=O) groups is 2. The van der Waals surface area contributed by atoms with Crippen LogP contribution in [0.25, 0.3) is 0 Å². The maximum Gasteiger partial charge on any atom is 0.317 e. The van der Waals surface area contributed by atoms with Gasteiger partial charge in [0.1, 0.15) is 17.3 Å². The highest BCUT2D eigenvalue weighted by molar-refractivity contribution is 5.80. The van der Waals surface area contributed by atoms with E-state index in [2.05, 4.69) is 10.5 Å². The third-order valence-corrected chi connectivity index (χ3v) is 5.77. The number of carbonyl (C=O) groups excluding carboxylic acids is 2. The average molecular weight is 449 g/mol. The van der Waals surface area contributed by atoms with Crippen LogP contribution in [0.3, 0.4) is 0 Å². The largest absolute Gasteiger partial charge is 0.457 e. The van der Waals surface area contributed by atoms with E-state index in [1.54, 1.807) is 9.80 Å². The van der Waals surface area contributed by atoms with Crippen molar-refractivity contribution < 1.29 is 18.8 Å². The van der Waals surface area contributed by atoms with E-state index in [0.29, 0.717) is 38.5 Å². The van der Waals surface area contributed by atoms with E-state index < -0.39 is 0 Å². The van der Waals surface area contributed by atoms with Gasteiger partial charge in [0.15, 0.2) is 0 Å². The van der Waals surface area contributed by atoms with Gasteiger partial charge in [0.05, 0.1) is 12.1 Å². The first-order valence-electron chi connectivity index (χ1n) is 11.0. The molecule has 172 valence electrons. The van der Waals surface area contributed by atoms with Gasteiger partial charge in [-0.25, -0.2) is 4.79 Å². The van der Waals surface area contributed by atoms with Crippen LogP contribution in [0.4, 0.5) is 4.79 Å². The Labute approximate surface area is 193 Å². The van der Waals surface area contributed by atoms with Gasteiger partial charge in [0, 0.05) is 38.3 Å². The Morgan fingerprint density at radius 3 is 2.21 bits per heavy atom. The molecule has 0 spiro atoms. The minimum Gasteiger partial charge on any atom is -0.457 e. The number of benzene rings is 2. The SMILES string of the molecule is Cc1noc(C)c1CC(=O)N1CCN(C(=O)NCc2ccc(Oc3ccccc3)cc2)CC1. The fraction of sp³-hybridized carbons (Fsp3) is 0.320. The maximum atomic E-state index is 12.6. The number of hydrogen-bond acceptors (Lipinski definition) is 5. The number of hydrogen-bond donors (Lipinski definition) is 1. The number of aryl methyl sites for hydroxylation is 2. The molecule has 1 N–H and O–H groups in total. The lowest BCUT2D eigenvalue weighted by atomic mass is 10.1. The monoisotopic (exact) mass is 448 g/mol. The number of para-hydroxylation sites is 1. The normalized spacial score (nSPS) is 13.6. The molecule has 1 aromatic heterocycles. The van der Waals surface area contributed by atoms with Crippen molar-refractivity contribution in [3.8, 4) is 11.5 Å². The molecule has 33 heavy (non-hydrogen) atoms. The van der Waals surface area contributed by atoms with Crippen LogP contribution in [-0.4, -0.2) is 53.1 Å². The first kappa shape index (κ1) is 22.4. The number of nitrogens with zero attached hydrogens (tertiary/aromatic N) is 3. The van der Waals surface area contributed by atoms with Gasteiger partial charge in [-0.1, -0.05) is 35.5 Å². The average Bonchev–Trinajstić information content (AvgIpc) is 3.16. The third-order valence-electron chi connectivity index (χ3n) is 5.77. The molecule has 0 radical (unpaired) electrons. The summed E-state index contributed by atoms with van der Waals surface area (Å²) in [4.78, 5) is 28.7. The van der Waals surface area contributed by atoms with Crippen molar-refractivity contribution in [3.05, 3.63) is 77.2 Å². The Morgan fingerprint density at radius 1 is 0.939 bits per heavy atom. The zero-order valence-electron chi connectivity index (χ0n) is 18.9. The van der Waals surface area contributed by atoms with Gasteiger partial charge >= 0.3 is 6.03 Å². The van der Waals surface area contributed by atoms with Crippen molar-refractivity contribution in [3.63, 3.8) is 0 Å². The van der Waals surface area contributed by atoms with Crippen molar-refractivity contribution in [2.45, 2.75) is 26.8 Å². The first-order valence-corrected chi connectivity index (χ1v) is 11.0. The molecule has 3 amide bonds. The summed E-state index contributed by atoms with van der Waals surface area (Å²) >= 11 is 0. The van der Waals surface area contributed by atoms with Crippen LogP contribution in [0.1, 0.15) is 22.6 Å². The van der Waals surface area contributed by atoms with Crippen LogP contribution in [0.15, 0.2) is 59.1 Å². The fourth-order valence-electron chi connectivity index (χ4n) is 3.77. The number of piperazine rings is 1. The van der Waals surface area contributed by atoms with Gasteiger partial charge in [-0.15, -0.1) is 0 Å². The molecule has 1 saturated heterocycles. The molecule has 0 atom stereocenters. The highest BCUT2D eigenvalue weighted by atomic mass is 16.5. The number of amides is 3. The summed E-state index contributed by atoms with van der Waals surface area (Å²) in [5.41, 5.74) is 2.58. The lowest BCUT2D eigenvalue weighted by molar-refractivity contribution is -0.131. The van der Waals surface area contributed by atoms with Crippen LogP contribution >= 0.6 is 0 Å². The summed E-state index contributed by atoms with van der Waals surface area (Å²) in [6.45, 7) is 6.12. The summed E-state index contributed by atoms with van der Waals surface area (Å²) in [5, 5.41) is 6.86. The molecule has 4 rings (SSSR count). The second-order valence-electron chi connectivity index (χ2n) is 8.07. The topological polar surface area (TPSA) is 87.9 Å². The van der Waals surface area contributed by atoms with E-state index in [4.69, 9.17) is 9.26 Å². The van der Waals surface area contributed by atoms with Crippen molar-refractivity contribution >= 4 is 11.9 Å². The Morgan fingerprint density at radius 2 is 1.58 bits per heavy atom. The Balaban J connectivity index is 1.21. The highest BCUT2D eigenvalue weighted by Gasteiger charge is 2.25. The molecular weight excluding hydrogens is 420 g/mol. The van der Waals surface area contributed by atoms with Crippen molar-refractivity contribution in [2.75, 3.05) is 26.2 Å². The second-order valence-corrected chi connectivity index (χ2v) is 8.07. The molecule has 3 aromatic rings. The van der Waals surface area contributed by atoms with Crippen LogP contribution < -0.4 is 10.1 Å². The first-order chi connectivity index (χ1) is 16.0. The molecule has 2 heterocycles. The van der Waals surface area contributed by atoms with E-state index in [9.17, 15) is 9.59 Å². The molecule has 1 fully saturated rings. The standard InChI is InChI=1S/C25H28N4O4/c1-18-23(19(2)33-27-18)16-24(30)28-12-14-29(15-13-28)25(31)26-17-20-8-10-22(11-9-20)32-21-6-4-3-5-7-21/h3-11H,12-17H2,1-2H3,(H,26,31). The zero-order chi connectivity index (χ0) is 23.2. The summed E-state index contributed by atoms with van der Waals surface area (Å²) in [5.74, 6) is 2.23. The number of nitrogens with one attached hydrogen (secondary N) is 1. The van der Waals surface area contributed by atoms with Crippen LogP contribution in [0, 0.1) is 13.8 Å². The van der Waals surface area contributed by atoms with Crippen molar-refractivity contribution in [2.24, 2.45) is 0 Å². The fourth-order valence-corrected chi connectivity index (χ4v) is 3.77. The predicted molar refractivity (Wildman–Crippen MR) is 123 cm³/mol. The Kier molecular flexibility index (Phi) is 6.92. The second kappa shape index (κ2) is 10.2. The maximum absolute atomic E-state index is 12.6. The number of rotatable bonds is 6. The van der Waals surface area contributed by atoms with E-state index in [-0.39, 0.29) is 18.4 Å². The summed E-state index contributed by atoms with van der Waals surface area (Å²) in [7, 11) is 0. The molecular formula is C25H28N4O4. The molecule has 1 aliphatic rings. The van der Waals surface area contributed by atoms with Gasteiger partial charge in [-0.3, -0.25) is 4.79 Å². The van der Waals surface area contributed by atoms with Gasteiger partial charge in [-0.2, -0.15) is 0 Å². The minimum atomic E-state index is -0.127. The molecule has 2 aromatic carbocycles. The summed E-state index contributed by atoms with van der Waals surface area (Å²) < 4.78 is 10.9. The van der Waals surface area contributed by atoms with Gasteiger partial charge in [0.2, 0.25) is 5.91 Å². The van der Waals surface area contributed by atoms with Gasteiger partial charge in [-0.05, 0) is 43.7 Å². The van der Waals surface area contributed by atoms with E-state index in [1.807, 2.05) is 68.4 Å². The number of ether oxygens (including phenoxy) is 1. The van der Waals surface area contributed by atoms with E-state index in [1.165, 1.54) is 0 Å². The zero-order valence-corrected chi connectivity index (χ0v) is 18.9. The minimum absolute atomic E-state index is 0.0299. The Bertz CT molecular complexity index is 1070. The summed E-state index contributed by atoms with van der Waals surface area (Å²) in [6, 6.07) is 17.1. The molecule has 0 unspecified atom stereocenters. The molecule has 0 bridgehead atoms. The molecule has 1 aliphatic heterocycles. The molecule has 0 aliphatic carbocycles. The molecule has 0 saturated carbocycles. The lowest BCUT2D eigenvalue weighted by Gasteiger charge is -2.34. The van der Waals surface area contributed by atoms with Crippen molar-refractivity contribution in [1.82, 2.24) is 20.3 Å². The lowest BCUT2D eigenvalue weighted by Crippen LogP contribution is -2.53.